The molecule has 0 bridgehead atoms. The van der Waals surface area contributed by atoms with Gasteiger partial charge in [-0.25, -0.2) is 8.42 Å². The van der Waals surface area contributed by atoms with E-state index in [1.807, 2.05) is 6.07 Å². The van der Waals surface area contributed by atoms with Gasteiger partial charge in [-0.1, -0.05) is 6.07 Å². The van der Waals surface area contributed by atoms with Gasteiger partial charge in [-0.2, -0.15) is 0 Å². The van der Waals surface area contributed by atoms with Crippen LogP contribution in [-0.4, -0.2) is 34.6 Å². The van der Waals surface area contributed by atoms with Crippen molar-refractivity contribution in [1.29, 1.82) is 0 Å². The van der Waals surface area contributed by atoms with Crippen molar-refractivity contribution in [3.05, 3.63) is 23.8 Å². The number of sulfone groups is 1. The van der Waals surface area contributed by atoms with Gasteiger partial charge in [-0.15, -0.1) is 0 Å². The fourth-order valence-electron chi connectivity index (χ4n) is 1.59. The van der Waals surface area contributed by atoms with E-state index in [4.69, 9.17) is 15.2 Å². The molecule has 0 saturated heterocycles. The van der Waals surface area contributed by atoms with Gasteiger partial charge >= 0.3 is 0 Å². The summed E-state index contributed by atoms with van der Waals surface area (Å²) < 4.78 is 32.5. The highest BCUT2D eigenvalue weighted by Crippen LogP contribution is 2.30. The van der Waals surface area contributed by atoms with Crippen LogP contribution in [0.3, 0.4) is 0 Å². The van der Waals surface area contributed by atoms with Crippen molar-refractivity contribution in [2.75, 3.05) is 26.2 Å². The van der Waals surface area contributed by atoms with Crippen LogP contribution in [0.25, 0.3) is 0 Å². The maximum atomic E-state index is 11.1. The van der Waals surface area contributed by atoms with Crippen molar-refractivity contribution in [1.82, 2.24) is 0 Å². The Labute approximate surface area is 108 Å². The largest absolute Gasteiger partial charge is 0.493 e. The van der Waals surface area contributed by atoms with E-state index in [9.17, 15) is 8.42 Å². The monoisotopic (exact) mass is 273 g/mol. The highest BCUT2D eigenvalue weighted by molar-refractivity contribution is 7.90. The van der Waals surface area contributed by atoms with Gasteiger partial charge in [0.15, 0.2) is 11.5 Å². The molecule has 102 valence electrons. The molecule has 6 heteroatoms. The first-order valence-corrected chi connectivity index (χ1v) is 7.58. The van der Waals surface area contributed by atoms with Crippen molar-refractivity contribution in [2.45, 2.75) is 12.5 Å². The quantitative estimate of drug-likeness (QED) is 0.840. The Hall–Kier alpha value is -1.27. The summed E-state index contributed by atoms with van der Waals surface area (Å²) in [4.78, 5) is 0. The van der Waals surface area contributed by atoms with Crippen LogP contribution in [0.15, 0.2) is 18.2 Å². The molecular weight excluding hydrogens is 254 g/mol. The number of hydrogen-bond acceptors (Lipinski definition) is 5. The summed E-state index contributed by atoms with van der Waals surface area (Å²) in [6, 6.07) is 5.01. The summed E-state index contributed by atoms with van der Waals surface area (Å²) in [5.41, 5.74) is 6.79. The van der Waals surface area contributed by atoms with Gasteiger partial charge in [-0.3, -0.25) is 0 Å². The molecule has 0 heterocycles. The van der Waals surface area contributed by atoms with Crippen LogP contribution in [0.5, 0.6) is 11.5 Å². The lowest BCUT2D eigenvalue weighted by Gasteiger charge is -2.14. The smallest absolute Gasteiger partial charge is 0.161 e. The molecule has 1 atom stereocenters. The van der Waals surface area contributed by atoms with Crippen LogP contribution >= 0.6 is 0 Å². The highest BCUT2D eigenvalue weighted by Gasteiger charge is 2.13. The Morgan fingerprint density at radius 1 is 1.22 bits per heavy atom. The van der Waals surface area contributed by atoms with Crippen LogP contribution in [0, 0.1) is 0 Å². The molecule has 1 unspecified atom stereocenters. The Morgan fingerprint density at radius 3 is 2.33 bits per heavy atom. The molecule has 0 aliphatic carbocycles. The Morgan fingerprint density at radius 2 is 1.83 bits per heavy atom. The Kier molecular flexibility index (Phi) is 4.98. The number of benzene rings is 1. The average Bonchev–Trinajstić information content (AvgIpc) is 2.34. The normalized spacial score (nSPS) is 13.1. The maximum absolute atomic E-state index is 11.1. The maximum Gasteiger partial charge on any atom is 0.161 e. The first kappa shape index (κ1) is 14.8. The topological polar surface area (TPSA) is 78.6 Å². The number of rotatable bonds is 6. The van der Waals surface area contributed by atoms with Crippen LogP contribution in [0.4, 0.5) is 0 Å². The predicted molar refractivity (Wildman–Crippen MR) is 70.8 cm³/mol. The van der Waals surface area contributed by atoms with Gasteiger partial charge in [-0.05, 0) is 24.1 Å². The first-order valence-electron chi connectivity index (χ1n) is 5.52. The minimum atomic E-state index is -2.99. The van der Waals surface area contributed by atoms with Crippen LogP contribution in [-0.2, 0) is 9.84 Å². The standard InChI is InChI=1S/C12H19NO4S/c1-16-11-5-4-9(8-12(11)17-2)10(13)6-7-18(3,14)15/h4-5,8,10H,6-7,13H2,1-3H3. The number of methoxy groups -OCH3 is 2. The molecular formula is C12H19NO4S. The molecule has 0 spiro atoms. The summed E-state index contributed by atoms with van der Waals surface area (Å²) in [5, 5.41) is 0. The van der Waals surface area contributed by atoms with Gasteiger partial charge in [0.25, 0.3) is 0 Å². The molecule has 2 N–H and O–H groups in total. The zero-order valence-electron chi connectivity index (χ0n) is 10.8. The summed E-state index contributed by atoms with van der Waals surface area (Å²) in [6.07, 6.45) is 1.59. The van der Waals surface area contributed by atoms with E-state index in [0.717, 1.165) is 5.56 Å². The van der Waals surface area contributed by atoms with Crippen molar-refractivity contribution in [3.63, 3.8) is 0 Å². The lowest BCUT2D eigenvalue weighted by atomic mass is 10.0. The van der Waals surface area contributed by atoms with E-state index in [2.05, 4.69) is 0 Å². The molecule has 0 radical (unpaired) electrons. The molecule has 0 aliphatic rings. The van der Waals surface area contributed by atoms with Gasteiger partial charge in [0.2, 0.25) is 0 Å². The van der Waals surface area contributed by atoms with E-state index < -0.39 is 9.84 Å². The molecule has 1 aromatic carbocycles. The molecule has 0 saturated carbocycles. The molecule has 1 rings (SSSR count). The van der Waals surface area contributed by atoms with E-state index >= 15 is 0 Å². The van der Waals surface area contributed by atoms with Crippen molar-refractivity contribution >= 4 is 9.84 Å². The molecule has 0 aliphatic heterocycles. The number of nitrogens with two attached hydrogens (primary N) is 1. The second kappa shape index (κ2) is 6.06. The third-order valence-electron chi connectivity index (χ3n) is 2.64. The summed E-state index contributed by atoms with van der Waals surface area (Å²) >= 11 is 0. The summed E-state index contributed by atoms with van der Waals surface area (Å²) in [7, 11) is 0.110. The van der Waals surface area contributed by atoms with Gasteiger partial charge in [0.05, 0.1) is 20.0 Å². The lowest BCUT2D eigenvalue weighted by molar-refractivity contribution is 0.354. The van der Waals surface area contributed by atoms with Crippen LogP contribution < -0.4 is 15.2 Å². The van der Waals surface area contributed by atoms with Crippen LogP contribution in [0.1, 0.15) is 18.0 Å². The molecule has 5 nitrogen and oxygen atoms in total. The van der Waals surface area contributed by atoms with Gasteiger partial charge in [0.1, 0.15) is 9.84 Å². The first-order chi connectivity index (χ1) is 8.37. The molecule has 1 aromatic rings. The van der Waals surface area contributed by atoms with Crippen molar-refractivity contribution < 1.29 is 17.9 Å². The highest BCUT2D eigenvalue weighted by atomic mass is 32.2. The lowest BCUT2D eigenvalue weighted by Crippen LogP contribution is -2.15. The fourth-order valence-corrected chi connectivity index (χ4v) is 2.27. The Bertz CT molecular complexity index is 499. The minimum absolute atomic E-state index is 0.0719. The van der Waals surface area contributed by atoms with E-state index in [-0.39, 0.29) is 11.8 Å². The third kappa shape index (κ3) is 4.19. The zero-order valence-corrected chi connectivity index (χ0v) is 11.7. The fraction of sp³-hybridized carbons (Fsp3) is 0.500. The second-order valence-electron chi connectivity index (χ2n) is 4.14. The summed E-state index contributed by atoms with van der Waals surface area (Å²) in [5.74, 6) is 1.28. The Balaban J connectivity index is 2.83. The zero-order chi connectivity index (χ0) is 13.8. The average molecular weight is 273 g/mol. The van der Waals surface area contributed by atoms with Crippen LogP contribution in [0.2, 0.25) is 0 Å². The summed E-state index contributed by atoms with van der Waals surface area (Å²) in [6.45, 7) is 0. The van der Waals surface area contributed by atoms with Crippen molar-refractivity contribution in [3.8, 4) is 11.5 Å². The van der Waals surface area contributed by atoms with Gasteiger partial charge in [0, 0.05) is 12.3 Å². The van der Waals surface area contributed by atoms with Gasteiger partial charge < -0.3 is 15.2 Å². The molecule has 0 fully saturated rings. The third-order valence-corrected chi connectivity index (χ3v) is 3.61. The predicted octanol–water partition coefficient (Wildman–Crippen LogP) is 1.14. The second-order valence-corrected chi connectivity index (χ2v) is 6.40. The number of hydrogen-bond donors (Lipinski definition) is 1. The SMILES string of the molecule is COc1ccc(C(N)CCS(C)(=O)=O)cc1OC. The molecule has 0 aromatic heterocycles. The van der Waals surface area contributed by atoms with E-state index in [1.165, 1.54) is 6.26 Å². The number of ether oxygens (including phenoxy) is 2. The minimum Gasteiger partial charge on any atom is -0.493 e. The molecule has 0 amide bonds. The van der Waals surface area contributed by atoms with E-state index in [1.54, 1.807) is 26.4 Å². The van der Waals surface area contributed by atoms with E-state index in [0.29, 0.717) is 17.9 Å². The van der Waals surface area contributed by atoms with Crippen molar-refractivity contribution in [2.24, 2.45) is 5.73 Å². The molecule has 18 heavy (non-hydrogen) atoms.